The minimum Gasteiger partial charge on any atom is -0.350 e. The molecule has 4 atom stereocenters. The molecule has 3 heterocycles. The molecule has 3 aliphatic rings. The highest BCUT2D eigenvalue weighted by Gasteiger charge is 2.59. The quantitative estimate of drug-likeness (QED) is 0.489. The second-order valence-corrected chi connectivity index (χ2v) is 11.1. The van der Waals surface area contributed by atoms with Crippen molar-refractivity contribution >= 4 is 29.4 Å². The minimum atomic E-state index is -0.681. The number of nitrogens with zero attached hydrogens (tertiary/aromatic N) is 2. The van der Waals surface area contributed by atoms with Crippen molar-refractivity contribution in [2.24, 2.45) is 5.92 Å². The fourth-order valence-electron chi connectivity index (χ4n) is 5.11. The van der Waals surface area contributed by atoms with Crippen LogP contribution in [-0.2, 0) is 24.0 Å². The summed E-state index contributed by atoms with van der Waals surface area (Å²) >= 11 is 0. The SMILES string of the molecule is CC(C)C[C@H]1[C@H]2[C@@H](C(=O)NC(C)(C)C)N3CCC[C@@H]3C(=O)NCC(=O)NCC(=O)CCC(=O)N21. The summed E-state index contributed by atoms with van der Waals surface area (Å²) in [6, 6.07) is -1.71. The van der Waals surface area contributed by atoms with E-state index < -0.39 is 23.5 Å². The summed E-state index contributed by atoms with van der Waals surface area (Å²) in [5.74, 6) is -1.08. The molecule has 0 spiro atoms. The van der Waals surface area contributed by atoms with Crippen molar-refractivity contribution in [2.75, 3.05) is 19.6 Å². The number of fused-ring (bicyclic) bond motifs is 2. The summed E-state index contributed by atoms with van der Waals surface area (Å²) in [7, 11) is 0. The molecular formula is C24H39N5O5. The van der Waals surface area contributed by atoms with Gasteiger partial charge in [0.15, 0.2) is 5.78 Å². The summed E-state index contributed by atoms with van der Waals surface area (Å²) in [6.45, 7) is 10.00. The first-order valence-electron chi connectivity index (χ1n) is 12.3. The van der Waals surface area contributed by atoms with Crippen molar-refractivity contribution in [3.63, 3.8) is 0 Å². The Labute approximate surface area is 201 Å². The fourth-order valence-corrected chi connectivity index (χ4v) is 5.11. The number of Topliss-reactive ketones (excluding diaryl/α,β-unsaturated/α-hetero) is 1. The molecule has 0 saturated carbocycles. The van der Waals surface area contributed by atoms with E-state index in [-0.39, 0.29) is 61.5 Å². The van der Waals surface area contributed by atoms with E-state index in [0.717, 1.165) is 12.8 Å². The lowest BCUT2D eigenvalue weighted by atomic mass is 9.99. The van der Waals surface area contributed by atoms with E-state index in [2.05, 4.69) is 29.8 Å². The van der Waals surface area contributed by atoms with Gasteiger partial charge >= 0.3 is 0 Å². The van der Waals surface area contributed by atoms with E-state index in [9.17, 15) is 24.0 Å². The Kier molecular flexibility index (Phi) is 8.00. The predicted octanol–water partition coefficient (Wildman–Crippen LogP) is -0.0451. The molecule has 3 saturated heterocycles. The molecule has 3 N–H and O–H groups in total. The summed E-state index contributed by atoms with van der Waals surface area (Å²) in [5, 5.41) is 8.21. The average Bonchev–Trinajstić information content (AvgIpc) is 3.17. The van der Waals surface area contributed by atoms with E-state index in [0.29, 0.717) is 18.9 Å². The highest BCUT2D eigenvalue weighted by atomic mass is 16.2. The molecule has 10 heteroatoms. The third kappa shape index (κ3) is 6.34. The van der Waals surface area contributed by atoms with Crippen LogP contribution in [0.1, 0.15) is 66.7 Å². The molecule has 3 fully saturated rings. The zero-order valence-electron chi connectivity index (χ0n) is 21.0. The van der Waals surface area contributed by atoms with Crippen LogP contribution in [0.15, 0.2) is 0 Å². The normalized spacial score (nSPS) is 29.5. The molecule has 0 radical (unpaired) electrons. The molecular weight excluding hydrogens is 438 g/mol. The van der Waals surface area contributed by atoms with Crippen molar-refractivity contribution in [3.05, 3.63) is 0 Å². The van der Waals surface area contributed by atoms with Crippen LogP contribution in [0.2, 0.25) is 0 Å². The second-order valence-electron chi connectivity index (χ2n) is 11.1. The van der Waals surface area contributed by atoms with Gasteiger partial charge in [0.05, 0.1) is 31.2 Å². The van der Waals surface area contributed by atoms with Crippen molar-refractivity contribution in [1.82, 2.24) is 25.8 Å². The number of hydrogen-bond donors (Lipinski definition) is 3. The molecule has 0 aromatic heterocycles. The monoisotopic (exact) mass is 477 g/mol. The third-order valence-corrected chi connectivity index (χ3v) is 6.55. The van der Waals surface area contributed by atoms with Crippen LogP contribution in [0.3, 0.4) is 0 Å². The fraction of sp³-hybridized carbons (Fsp3) is 0.792. The van der Waals surface area contributed by atoms with E-state index >= 15 is 0 Å². The molecule has 3 rings (SSSR count). The first-order chi connectivity index (χ1) is 15.9. The van der Waals surface area contributed by atoms with Crippen molar-refractivity contribution in [2.45, 2.75) is 96.4 Å². The van der Waals surface area contributed by atoms with Crippen LogP contribution in [0.4, 0.5) is 0 Å². The van der Waals surface area contributed by atoms with Gasteiger partial charge in [-0.2, -0.15) is 0 Å². The number of carbonyl (C=O) groups excluding carboxylic acids is 5. The zero-order valence-corrected chi connectivity index (χ0v) is 21.0. The molecule has 3 aliphatic heterocycles. The molecule has 190 valence electrons. The standard InChI is InChI=1S/C24H39N5O5/c1-14(2)11-17-20-21(23(34)27-24(3,4)5)28-10-6-7-16(28)22(33)26-13-18(31)25-12-15(30)8-9-19(32)29(17)20/h14,16-17,20-21H,6-13H2,1-5H3,(H,25,31)(H,26,33)(H,27,34)/t16-,17+,20+,21+,29?/m1/s1. The minimum absolute atomic E-state index is 0.0221. The van der Waals surface area contributed by atoms with Crippen LogP contribution < -0.4 is 16.0 Å². The van der Waals surface area contributed by atoms with Crippen LogP contribution in [0.25, 0.3) is 0 Å². The Morgan fingerprint density at radius 2 is 1.79 bits per heavy atom. The molecule has 0 aromatic carbocycles. The topological polar surface area (TPSA) is 128 Å². The maximum Gasteiger partial charge on any atom is 0.240 e. The smallest absolute Gasteiger partial charge is 0.240 e. The molecule has 0 bridgehead atoms. The molecule has 0 aromatic rings. The summed E-state index contributed by atoms with van der Waals surface area (Å²) < 4.78 is 0. The summed E-state index contributed by atoms with van der Waals surface area (Å²) in [4.78, 5) is 67.7. The van der Waals surface area contributed by atoms with Gasteiger partial charge in [-0.15, -0.1) is 0 Å². The highest BCUT2D eigenvalue weighted by Crippen LogP contribution is 2.40. The van der Waals surface area contributed by atoms with Gasteiger partial charge in [0.1, 0.15) is 6.04 Å². The van der Waals surface area contributed by atoms with E-state index in [1.807, 2.05) is 25.7 Å². The molecule has 4 amide bonds. The average molecular weight is 478 g/mol. The van der Waals surface area contributed by atoms with Gasteiger partial charge in [0.25, 0.3) is 0 Å². The van der Waals surface area contributed by atoms with Gasteiger partial charge in [0, 0.05) is 18.4 Å². The number of rotatable bonds is 3. The number of ketones is 1. The lowest BCUT2D eigenvalue weighted by molar-refractivity contribution is -0.134. The number of hydrogen-bond acceptors (Lipinski definition) is 6. The van der Waals surface area contributed by atoms with Gasteiger partial charge in [-0.05, 0) is 52.5 Å². The van der Waals surface area contributed by atoms with E-state index in [4.69, 9.17) is 0 Å². The number of amides is 4. The van der Waals surface area contributed by atoms with Gasteiger partial charge in [-0.1, -0.05) is 13.8 Å². The maximum absolute atomic E-state index is 13.6. The largest absolute Gasteiger partial charge is 0.350 e. The Balaban J connectivity index is 1.96. The van der Waals surface area contributed by atoms with Crippen molar-refractivity contribution in [3.8, 4) is 0 Å². The molecule has 10 nitrogen and oxygen atoms in total. The van der Waals surface area contributed by atoms with Crippen molar-refractivity contribution in [1.29, 1.82) is 0 Å². The number of carbonyl (C=O) groups is 5. The lowest BCUT2D eigenvalue weighted by Gasteiger charge is -2.34. The van der Waals surface area contributed by atoms with Gasteiger partial charge in [-0.25, -0.2) is 0 Å². The Bertz CT molecular complexity index is 836. The molecule has 0 unspecified atom stereocenters. The maximum atomic E-state index is 13.6. The van der Waals surface area contributed by atoms with Crippen LogP contribution in [0, 0.1) is 5.92 Å². The first kappa shape index (κ1) is 26.1. The molecule has 34 heavy (non-hydrogen) atoms. The second kappa shape index (κ2) is 10.4. The van der Waals surface area contributed by atoms with Crippen LogP contribution in [-0.4, -0.2) is 88.6 Å². The van der Waals surface area contributed by atoms with Crippen molar-refractivity contribution < 1.29 is 24.0 Å². The summed E-state index contributed by atoms with van der Waals surface area (Å²) in [6.07, 6.45) is 2.11. The number of nitrogens with one attached hydrogen (secondary N) is 3. The lowest BCUT2D eigenvalue weighted by Crippen LogP contribution is -2.59. The first-order valence-corrected chi connectivity index (χ1v) is 12.3. The third-order valence-electron chi connectivity index (χ3n) is 6.55. The van der Waals surface area contributed by atoms with Gasteiger partial charge in [0.2, 0.25) is 23.6 Å². The van der Waals surface area contributed by atoms with E-state index in [1.54, 1.807) is 4.90 Å². The van der Waals surface area contributed by atoms with Crippen LogP contribution >= 0.6 is 0 Å². The highest BCUT2D eigenvalue weighted by molar-refractivity contribution is 5.93. The Morgan fingerprint density at radius 3 is 2.44 bits per heavy atom. The Morgan fingerprint density at radius 1 is 1.09 bits per heavy atom. The predicted molar refractivity (Wildman–Crippen MR) is 126 cm³/mol. The van der Waals surface area contributed by atoms with Crippen LogP contribution in [0.5, 0.6) is 0 Å². The zero-order chi connectivity index (χ0) is 25.2. The van der Waals surface area contributed by atoms with Gasteiger partial charge < -0.3 is 20.9 Å². The molecule has 0 aliphatic carbocycles. The van der Waals surface area contributed by atoms with E-state index in [1.165, 1.54) is 0 Å². The Hall–Kier alpha value is -2.49. The van der Waals surface area contributed by atoms with Gasteiger partial charge in [-0.3, -0.25) is 28.9 Å². The summed E-state index contributed by atoms with van der Waals surface area (Å²) in [5.41, 5.74) is -0.479.